The maximum atomic E-state index is 12.0. The van der Waals surface area contributed by atoms with E-state index < -0.39 is 10.8 Å². The van der Waals surface area contributed by atoms with Crippen LogP contribution in [0.4, 0.5) is 11.4 Å². The molecule has 1 heterocycles. The van der Waals surface area contributed by atoms with Gasteiger partial charge in [-0.05, 0) is 17.7 Å². The summed E-state index contributed by atoms with van der Waals surface area (Å²) in [6, 6.07) is 8.05. The molecule has 1 aromatic carbocycles. The third kappa shape index (κ3) is 3.67. The molecular formula is C13H11ClN4O3. The number of nitrogens with zero attached hydrogens (tertiary/aromatic N) is 2. The second-order valence-corrected chi connectivity index (χ2v) is 4.57. The standard InChI is InChI=1S/C13H11ClN4O3/c14-12-11(5-10(7-16-12)18(20)21)13(19)17-6-8-1-3-9(15)4-2-8/h1-5,7H,6,15H2,(H,17,19). The van der Waals surface area contributed by atoms with Crippen LogP contribution in [0.5, 0.6) is 0 Å². The number of pyridine rings is 1. The van der Waals surface area contributed by atoms with Crippen molar-refractivity contribution in [2.24, 2.45) is 0 Å². The van der Waals surface area contributed by atoms with Gasteiger partial charge in [-0.25, -0.2) is 4.98 Å². The van der Waals surface area contributed by atoms with Gasteiger partial charge in [-0.3, -0.25) is 14.9 Å². The van der Waals surface area contributed by atoms with Crippen LogP contribution in [0.25, 0.3) is 0 Å². The SMILES string of the molecule is Nc1ccc(CNC(=O)c2cc([N+](=O)[O-])cnc2Cl)cc1. The van der Waals surface area contributed by atoms with Gasteiger partial charge in [0, 0.05) is 18.3 Å². The molecule has 2 rings (SSSR count). The van der Waals surface area contributed by atoms with E-state index in [0.29, 0.717) is 5.69 Å². The van der Waals surface area contributed by atoms with E-state index in [1.807, 2.05) is 0 Å². The largest absolute Gasteiger partial charge is 0.399 e. The Labute approximate surface area is 124 Å². The van der Waals surface area contributed by atoms with E-state index in [1.165, 1.54) is 0 Å². The number of hydrogen-bond acceptors (Lipinski definition) is 5. The average molecular weight is 307 g/mol. The number of nitrogens with two attached hydrogens (primary N) is 1. The van der Waals surface area contributed by atoms with Gasteiger partial charge >= 0.3 is 0 Å². The molecule has 7 nitrogen and oxygen atoms in total. The summed E-state index contributed by atoms with van der Waals surface area (Å²) in [6.45, 7) is 0.248. The van der Waals surface area contributed by atoms with Gasteiger partial charge < -0.3 is 11.1 Å². The highest BCUT2D eigenvalue weighted by atomic mass is 35.5. The van der Waals surface area contributed by atoms with Crippen LogP contribution in [0, 0.1) is 10.1 Å². The third-order valence-corrected chi connectivity index (χ3v) is 3.01. The summed E-state index contributed by atoms with van der Waals surface area (Å²) in [5.41, 5.74) is 6.69. The molecule has 1 aromatic heterocycles. The lowest BCUT2D eigenvalue weighted by molar-refractivity contribution is -0.385. The molecule has 0 aliphatic heterocycles. The Bertz CT molecular complexity index is 688. The average Bonchev–Trinajstić information content (AvgIpc) is 2.46. The van der Waals surface area contributed by atoms with Crippen LogP contribution in [0.3, 0.4) is 0 Å². The quantitative estimate of drug-likeness (QED) is 0.389. The first-order valence-corrected chi connectivity index (χ1v) is 6.27. The van der Waals surface area contributed by atoms with Crippen LogP contribution in [-0.2, 0) is 6.54 Å². The fourth-order valence-electron chi connectivity index (χ4n) is 1.61. The number of anilines is 1. The third-order valence-electron chi connectivity index (χ3n) is 2.71. The van der Waals surface area contributed by atoms with Crippen LogP contribution in [0.15, 0.2) is 36.5 Å². The number of carbonyl (C=O) groups excluding carboxylic acids is 1. The van der Waals surface area contributed by atoms with Gasteiger partial charge in [0.1, 0.15) is 11.3 Å². The number of halogens is 1. The van der Waals surface area contributed by atoms with Crippen LogP contribution in [-0.4, -0.2) is 15.8 Å². The Kier molecular flexibility index (Phi) is 4.34. The highest BCUT2D eigenvalue weighted by Gasteiger charge is 2.16. The molecule has 0 fully saturated rings. The molecule has 8 heteroatoms. The first-order valence-electron chi connectivity index (χ1n) is 5.90. The van der Waals surface area contributed by atoms with Gasteiger partial charge in [0.05, 0.1) is 10.5 Å². The van der Waals surface area contributed by atoms with Gasteiger partial charge in [0.25, 0.3) is 11.6 Å². The molecule has 0 spiro atoms. The molecule has 0 radical (unpaired) electrons. The second kappa shape index (κ2) is 6.19. The van der Waals surface area contributed by atoms with Crippen molar-refractivity contribution in [2.75, 3.05) is 5.73 Å². The van der Waals surface area contributed by atoms with Crippen molar-refractivity contribution in [3.63, 3.8) is 0 Å². The van der Waals surface area contributed by atoms with E-state index in [2.05, 4.69) is 10.3 Å². The molecule has 0 unspecified atom stereocenters. The van der Waals surface area contributed by atoms with Gasteiger partial charge in [0.15, 0.2) is 0 Å². The Morgan fingerprint density at radius 3 is 2.67 bits per heavy atom. The van der Waals surface area contributed by atoms with Crippen LogP contribution < -0.4 is 11.1 Å². The fraction of sp³-hybridized carbons (Fsp3) is 0.0769. The normalized spacial score (nSPS) is 10.1. The summed E-state index contributed by atoms with van der Waals surface area (Å²) >= 11 is 5.79. The molecule has 0 atom stereocenters. The number of nitrogen functional groups attached to an aromatic ring is 1. The second-order valence-electron chi connectivity index (χ2n) is 4.21. The summed E-state index contributed by atoms with van der Waals surface area (Å²) < 4.78 is 0. The minimum atomic E-state index is -0.639. The van der Waals surface area contributed by atoms with Crippen molar-refractivity contribution in [2.45, 2.75) is 6.54 Å². The number of carbonyl (C=O) groups is 1. The predicted molar refractivity (Wildman–Crippen MR) is 77.9 cm³/mol. The van der Waals surface area contributed by atoms with E-state index in [0.717, 1.165) is 17.8 Å². The van der Waals surface area contributed by atoms with Crippen LogP contribution >= 0.6 is 11.6 Å². The molecule has 1 amide bonds. The van der Waals surface area contributed by atoms with E-state index in [9.17, 15) is 14.9 Å². The molecule has 0 saturated carbocycles. The lowest BCUT2D eigenvalue weighted by Crippen LogP contribution is -2.23. The number of rotatable bonds is 4. The first-order chi connectivity index (χ1) is 9.97. The zero-order valence-corrected chi connectivity index (χ0v) is 11.5. The van der Waals surface area contributed by atoms with Crippen LogP contribution in [0.1, 0.15) is 15.9 Å². The summed E-state index contributed by atoms with van der Waals surface area (Å²) in [5, 5.41) is 13.2. The first kappa shape index (κ1) is 14.7. The number of aromatic nitrogens is 1. The molecule has 3 N–H and O–H groups in total. The van der Waals surface area contributed by atoms with Crippen molar-refractivity contribution in [3.8, 4) is 0 Å². The van der Waals surface area contributed by atoms with E-state index in [-0.39, 0.29) is 22.9 Å². The molecular weight excluding hydrogens is 296 g/mol. The zero-order valence-electron chi connectivity index (χ0n) is 10.7. The summed E-state index contributed by atoms with van der Waals surface area (Å²) in [5.74, 6) is -0.534. The van der Waals surface area contributed by atoms with Crippen LogP contribution in [0.2, 0.25) is 5.15 Å². The van der Waals surface area contributed by atoms with Gasteiger partial charge in [-0.15, -0.1) is 0 Å². The highest BCUT2D eigenvalue weighted by molar-refractivity contribution is 6.32. The fourth-order valence-corrected chi connectivity index (χ4v) is 1.80. The van der Waals surface area contributed by atoms with Crippen molar-refractivity contribution < 1.29 is 9.72 Å². The van der Waals surface area contributed by atoms with E-state index >= 15 is 0 Å². The number of hydrogen-bond donors (Lipinski definition) is 2. The molecule has 0 aliphatic rings. The Hall–Kier alpha value is -2.67. The van der Waals surface area contributed by atoms with E-state index in [4.69, 9.17) is 17.3 Å². The molecule has 0 saturated heterocycles. The Morgan fingerprint density at radius 1 is 1.38 bits per heavy atom. The monoisotopic (exact) mass is 306 g/mol. The van der Waals surface area contributed by atoms with Crippen molar-refractivity contribution in [3.05, 3.63) is 62.9 Å². The summed E-state index contributed by atoms with van der Waals surface area (Å²) in [7, 11) is 0. The van der Waals surface area contributed by atoms with Gasteiger partial charge in [-0.1, -0.05) is 23.7 Å². The van der Waals surface area contributed by atoms with Crippen molar-refractivity contribution in [1.82, 2.24) is 10.3 Å². The van der Waals surface area contributed by atoms with E-state index in [1.54, 1.807) is 24.3 Å². The van der Waals surface area contributed by atoms with Gasteiger partial charge in [0.2, 0.25) is 0 Å². The number of nitrogens with one attached hydrogen (secondary N) is 1. The van der Waals surface area contributed by atoms with Crippen molar-refractivity contribution in [1.29, 1.82) is 0 Å². The highest BCUT2D eigenvalue weighted by Crippen LogP contribution is 2.19. The van der Waals surface area contributed by atoms with Crippen molar-refractivity contribution >= 4 is 28.9 Å². The summed E-state index contributed by atoms with van der Waals surface area (Å²) in [6.07, 6.45) is 0.999. The zero-order chi connectivity index (χ0) is 15.4. The van der Waals surface area contributed by atoms with Gasteiger partial charge in [-0.2, -0.15) is 0 Å². The molecule has 0 aliphatic carbocycles. The Morgan fingerprint density at radius 2 is 2.05 bits per heavy atom. The number of amides is 1. The smallest absolute Gasteiger partial charge is 0.288 e. The maximum absolute atomic E-state index is 12.0. The molecule has 21 heavy (non-hydrogen) atoms. The molecule has 2 aromatic rings. The topological polar surface area (TPSA) is 111 Å². The maximum Gasteiger partial charge on any atom is 0.288 e. The molecule has 108 valence electrons. The lowest BCUT2D eigenvalue weighted by atomic mass is 10.2. The Balaban J connectivity index is 2.11. The minimum Gasteiger partial charge on any atom is -0.399 e. The number of benzene rings is 1. The summed E-state index contributed by atoms with van der Waals surface area (Å²) in [4.78, 5) is 25.7. The molecule has 0 bridgehead atoms. The lowest BCUT2D eigenvalue weighted by Gasteiger charge is -2.06. The minimum absolute atomic E-state index is 0.0405. The predicted octanol–water partition coefficient (Wildman–Crippen LogP) is 2.16. The number of nitro groups is 1.